The molecule has 0 aliphatic carbocycles. The molecule has 0 saturated heterocycles. The Hall–Kier alpha value is -0.580. The summed E-state index contributed by atoms with van der Waals surface area (Å²) >= 11 is 3.36. The molecule has 0 radical (unpaired) electrons. The van der Waals surface area contributed by atoms with Crippen molar-refractivity contribution in [1.29, 1.82) is 0 Å². The zero-order valence-corrected chi connectivity index (χ0v) is 11.7. The van der Waals surface area contributed by atoms with Gasteiger partial charge in [0, 0.05) is 22.6 Å². The van der Waals surface area contributed by atoms with Gasteiger partial charge in [0.2, 0.25) is 5.91 Å². The minimum absolute atomic E-state index is 0. The Bertz CT molecular complexity index is 371. The number of rotatable bonds is 3. The molecule has 0 fully saturated rings. The number of hydrogen-bond donors (Lipinski definition) is 2. The van der Waals surface area contributed by atoms with Gasteiger partial charge < -0.3 is 11.1 Å². The zero-order chi connectivity index (χ0) is 11.4. The summed E-state index contributed by atoms with van der Waals surface area (Å²) in [6.07, 6.45) is 0. The SMILES string of the molecule is Cc1ccc(Br)cc1NC(=O)C(C)CN.Cl. The van der Waals surface area contributed by atoms with Crippen molar-refractivity contribution in [1.82, 2.24) is 0 Å². The van der Waals surface area contributed by atoms with Crippen LogP contribution < -0.4 is 11.1 Å². The van der Waals surface area contributed by atoms with Crippen LogP contribution in [0, 0.1) is 12.8 Å². The molecule has 0 aromatic heterocycles. The minimum Gasteiger partial charge on any atom is -0.330 e. The Morgan fingerprint density at radius 2 is 2.19 bits per heavy atom. The predicted octanol–water partition coefficient (Wildman–Crippen LogP) is 2.71. The highest BCUT2D eigenvalue weighted by Crippen LogP contribution is 2.20. The fourth-order valence-electron chi connectivity index (χ4n) is 1.09. The molecular formula is C11H16BrClN2O. The number of aryl methyl sites for hydroxylation is 1. The number of hydrogen-bond acceptors (Lipinski definition) is 2. The van der Waals surface area contributed by atoms with Crippen LogP contribution in [-0.4, -0.2) is 12.5 Å². The van der Waals surface area contributed by atoms with Crippen molar-refractivity contribution >= 4 is 39.9 Å². The highest BCUT2D eigenvalue weighted by molar-refractivity contribution is 9.10. The van der Waals surface area contributed by atoms with Crippen molar-refractivity contribution in [3.8, 4) is 0 Å². The van der Waals surface area contributed by atoms with E-state index < -0.39 is 0 Å². The number of amides is 1. The number of nitrogens with one attached hydrogen (secondary N) is 1. The number of anilines is 1. The molecular weight excluding hydrogens is 291 g/mol. The lowest BCUT2D eigenvalue weighted by atomic mass is 10.1. The maximum absolute atomic E-state index is 11.6. The first kappa shape index (κ1) is 15.4. The topological polar surface area (TPSA) is 55.1 Å². The fraction of sp³-hybridized carbons (Fsp3) is 0.364. The van der Waals surface area contributed by atoms with Crippen molar-refractivity contribution in [2.24, 2.45) is 11.7 Å². The summed E-state index contributed by atoms with van der Waals surface area (Å²) in [5.41, 5.74) is 7.29. The van der Waals surface area contributed by atoms with E-state index in [9.17, 15) is 4.79 Å². The minimum atomic E-state index is -0.164. The van der Waals surface area contributed by atoms with Gasteiger partial charge >= 0.3 is 0 Å². The number of benzene rings is 1. The largest absolute Gasteiger partial charge is 0.330 e. The first-order chi connectivity index (χ1) is 7.04. The molecule has 5 heteroatoms. The van der Waals surface area contributed by atoms with Crippen LogP contribution in [0.5, 0.6) is 0 Å². The number of halogens is 2. The lowest BCUT2D eigenvalue weighted by Crippen LogP contribution is -2.26. The lowest BCUT2D eigenvalue weighted by molar-refractivity contribution is -0.119. The average molecular weight is 308 g/mol. The molecule has 0 aliphatic rings. The molecule has 90 valence electrons. The van der Waals surface area contributed by atoms with Gasteiger partial charge in [-0.25, -0.2) is 0 Å². The number of carbonyl (C=O) groups excluding carboxylic acids is 1. The van der Waals surface area contributed by atoms with Crippen LogP contribution in [0.3, 0.4) is 0 Å². The molecule has 0 saturated carbocycles. The van der Waals surface area contributed by atoms with E-state index in [-0.39, 0.29) is 24.2 Å². The Balaban J connectivity index is 0.00000225. The van der Waals surface area contributed by atoms with E-state index in [1.807, 2.05) is 32.0 Å². The fourth-order valence-corrected chi connectivity index (χ4v) is 1.45. The van der Waals surface area contributed by atoms with E-state index in [1.54, 1.807) is 0 Å². The molecule has 16 heavy (non-hydrogen) atoms. The second kappa shape index (κ2) is 6.89. The molecule has 1 unspecified atom stereocenters. The summed E-state index contributed by atoms with van der Waals surface area (Å²) in [6.45, 7) is 4.12. The van der Waals surface area contributed by atoms with E-state index in [1.165, 1.54) is 0 Å². The lowest BCUT2D eigenvalue weighted by Gasteiger charge is -2.12. The van der Waals surface area contributed by atoms with Gasteiger partial charge in [0.05, 0.1) is 0 Å². The smallest absolute Gasteiger partial charge is 0.228 e. The summed E-state index contributed by atoms with van der Waals surface area (Å²) in [6, 6.07) is 5.78. The van der Waals surface area contributed by atoms with Crippen LogP contribution in [0.25, 0.3) is 0 Å². The second-order valence-electron chi connectivity index (χ2n) is 3.59. The van der Waals surface area contributed by atoms with Crippen LogP contribution in [-0.2, 0) is 4.79 Å². The van der Waals surface area contributed by atoms with E-state index in [0.29, 0.717) is 6.54 Å². The Morgan fingerprint density at radius 3 is 2.75 bits per heavy atom. The second-order valence-corrected chi connectivity index (χ2v) is 4.50. The van der Waals surface area contributed by atoms with Crippen molar-refractivity contribution < 1.29 is 4.79 Å². The monoisotopic (exact) mass is 306 g/mol. The molecule has 3 N–H and O–H groups in total. The van der Waals surface area contributed by atoms with E-state index in [0.717, 1.165) is 15.7 Å². The molecule has 0 bridgehead atoms. The maximum Gasteiger partial charge on any atom is 0.228 e. The van der Waals surface area contributed by atoms with E-state index in [2.05, 4.69) is 21.2 Å². The van der Waals surface area contributed by atoms with Crippen molar-refractivity contribution in [3.05, 3.63) is 28.2 Å². The third-order valence-electron chi connectivity index (χ3n) is 2.26. The first-order valence-electron chi connectivity index (χ1n) is 4.81. The van der Waals surface area contributed by atoms with Gasteiger partial charge in [-0.15, -0.1) is 12.4 Å². The highest BCUT2D eigenvalue weighted by atomic mass is 79.9. The van der Waals surface area contributed by atoms with Crippen LogP contribution in [0.4, 0.5) is 5.69 Å². The Kier molecular flexibility index (Phi) is 6.64. The van der Waals surface area contributed by atoms with Crippen LogP contribution in [0.1, 0.15) is 12.5 Å². The molecule has 1 atom stereocenters. The molecule has 1 aromatic rings. The normalized spacial score (nSPS) is 11.5. The van der Waals surface area contributed by atoms with Crippen LogP contribution >= 0.6 is 28.3 Å². The quantitative estimate of drug-likeness (QED) is 0.902. The highest BCUT2D eigenvalue weighted by Gasteiger charge is 2.11. The zero-order valence-electron chi connectivity index (χ0n) is 9.29. The van der Waals surface area contributed by atoms with Crippen LogP contribution in [0.15, 0.2) is 22.7 Å². The number of carbonyl (C=O) groups is 1. The van der Waals surface area contributed by atoms with Crippen molar-refractivity contribution in [2.45, 2.75) is 13.8 Å². The standard InChI is InChI=1S/C11H15BrN2O.ClH/c1-7-3-4-9(12)5-10(7)14-11(15)8(2)6-13;/h3-5,8H,6,13H2,1-2H3,(H,14,15);1H. The summed E-state index contributed by atoms with van der Waals surface area (Å²) in [7, 11) is 0. The van der Waals surface area contributed by atoms with Crippen molar-refractivity contribution in [3.63, 3.8) is 0 Å². The van der Waals surface area contributed by atoms with Crippen molar-refractivity contribution in [2.75, 3.05) is 11.9 Å². The van der Waals surface area contributed by atoms with E-state index in [4.69, 9.17) is 5.73 Å². The maximum atomic E-state index is 11.6. The molecule has 1 rings (SSSR count). The Labute approximate surface area is 110 Å². The molecule has 0 heterocycles. The van der Waals surface area contributed by atoms with Gasteiger partial charge in [0.1, 0.15) is 0 Å². The van der Waals surface area contributed by atoms with Gasteiger partial charge in [-0.05, 0) is 24.6 Å². The van der Waals surface area contributed by atoms with Gasteiger partial charge in [-0.3, -0.25) is 4.79 Å². The molecule has 0 spiro atoms. The molecule has 3 nitrogen and oxygen atoms in total. The molecule has 0 aliphatic heterocycles. The number of nitrogens with two attached hydrogens (primary N) is 1. The summed E-state index contributed by atoms with van der Waals surface area (Å²) in [5.74, 6) is -0.206. The molecule has 1 aromatic carbocycles. The van der Waals surface area contributed by atoms with Gasteiger partial charge in [-0.1, -0.05) is 28.9 Å². The van der Waals surface area contributed by atoms with Gasteiger partial charge in [0.25, 0.3) is 0 Å². The van der Waals surface area contributed by atoms with E-state index >= 15 is 0 Å². The average Bonchev–Trinajstić information content (AvgIpc) is 2.22. The summed E-state index contributed by atoms with van der Waals surface area (Å²) in [5, 5.41) is 2.85. The molecule has 1 amide bonds. The third kappa shape index (κ3) is 4.12. The predicted molar refractivity (Wildman–Crippen MR) is 73.0 cm³/mol. The van der Waals surface area contributed by atoms with Gasteiger partial charge in [0.15, 0.2) is 0 Å². The summed E-state index contributed by atoms with van der Waals surface area (Å²) in [4.78, 5) is 11.6. The van der Waals surface area contributed by atoms with Crippen LogP contribution in [0.2, 0.25) is 0 Å². The van der Waals surface area contributed by atoms with Gasteiger partial charge in [-0.2, -0.15) is 0 Å². The Morgan fingerprint density at radius 1 is 1.56 bits per heavy atom. The third-order valence-corrected chi connectivity index (χ3v) is 2.75. The summed E-state index contributed by atoms with van der Waals surface area (Å²) < 4.78 is 0.948. The first-order valence-corrected chi connectivity index (χ1v) is 5.61.